The third kappa shape index (κ3) is 127. The van der Waals surface area contributed by atoms with Crippen molar-refractivity contribution in [3.8, 4) is 0 Å². The Bertz CT molecular complexity index is 128. The third-order valence-electron chi connectivity index (χ3n) is 0.605. The minimum absolute atomic E-state index is 0.222. The molecule has 0 aliphatic carbocycles. The molecule has 0 bridgehead atoms. The van der Waals surface area contributed by atoms with Gasteiger partial charge in [0.05, 0.1) is 0 Å². The van der Waals surface area contributed by atoms with E-state index in [0.717, 1.165) is 0 Å². The lowest BCUT2D eigenvalue weighted by Gasteiger charge is -1.71. The summed E-state index contributed by atoms with van der Waals surface area (Å²) in [4.78, 5) is 27.1. The zero-order valence-electron chi connectivity index (χ0n) is 7.56. The lowest BCUT2D eigenvalue weighted by atomic mass is 10.5. The van der Waals surface area contributed by atoms with E-state index in [2.05, 4.69) is 0 Å². The fourth-order valence-electron chi connectivity index (χ4n) is 0. The summed E-state index contributed by atoms with van der Waals surface area (Å²) < 4.78 is 0. The standard InChI is InChI=1S/2C3H6O2.CH2O2/c2*1-2-3(4)5;2-1-3/h2*2H2,1H3,(H,4,5);1H,(H,2,3). The van der Waals surface area contributed by atoms with Gasteiger partial charge < -0.3 is 15.3 Å². The summed E-state index contributed by atoms with van der Waals surface area (Å²) in [6.07, 6.45) is 0.444. The molecule has 0 fully saturated rings. The van der Waals surface area contributed by atoms with Crippen LogP contribution in [0.1, 0.15) is 26.7 Å². The summed E-state index contributed by atoms with van der Waals surface area (Å²) in [5.74, 6) is -1.49. The average molecular weight is 194 g/mol. The maximum absolute atomic E-state index is 9.37. The molecule has 0 aliphatic heterocycles. The predicted octanol–water partition coefficient (Wildman–Crippen LogP) is 0.663. The first-order valence-corrected chi connectivity index (χ1v) is 3.47. The number of hydrogen-bond donors (Lipinski definition) is 3. The molecule has 0 aromatic carbocycles. The lowest BCUT2D eigenvalue weighted by molar-refractivity contribution is -0.137. The van der Waals surface area contributed by atoms with Crippen molar-refractivity contribution >= 4 is 18.4 Å². The largest absolute Gasteiger partial charge is 0.483 e. The maximum Gasteiger partial charge on any atom is 0.303 e. The van der Waals surface area contributed by atoms with Gasteiger partial charge >= 0.3 is 11.9 Å². The first kappa shape index (κ1) is 17.5. The van der Waals surface area contributed by atoms with Crippen LogP contribution in [0, 0.1) is 0 Å². The minimum Gasteiger partial charge on any atom is -0.483 e. The molecule has 6 nitrogen and oxygen atoms in total. The number of carboxylic acid groups (broad SMARTS) is 3. The van der Waals surface area contributed by atoms with Crippen LogP contribution >= 0.6 is 0 Å². The lowest BCUT2D eigenvalue weighted by Crippen LogP contribution is -1.86. The second-order valence-electron chi connectivity index (χ2n) is 1.60. The van der Waals surface area contributed by atoms with Crippen molar-refractivity contribution in [2.45, 2.75) is 26.7 Å². The minimum atomic E-state index is -0.745. The van der Waals surface area contributed by atoms with Crippen LogP contribution in [0.3, 0.4) is 0 Å². The molecule has 0 unspecified atom stereocenters. The molecular weight excluding hydrogens is 180 g/mol. The van der Waals surface area contributed by atoms with Gasteiger partial charge in [0.25, 0.3) is 6.47 Å². The SMILES string of the molecule is CCC(=O)O.CCC(=O)O.O=CO. The summed E-state index contributed by atoms with van der Waals surface area (Å²) in [6.45, 7) is 2.95. The molecule has 3 N–H and O–H groups in total. The fraction of sp³-hybridized carbons (Fsp3) is 0.571. The first-order chi connectivity index (χ1) is 5.95. The van der Waals surface area contributed by atoms with Crippen LogP contribution in [0.2, 0.25) is 0 Å². The summed E-state index contributed by atoms with van der Waals surface area (Å²) in [5.41, 5.74) is 0. The molecular formula is C7H14O6. The van der Waals surface area contributed by atoms with Crippen LogP contribution in [0.4, 0.5) is 0 Å². The molecule has 0 saturated carbocycles. The number of rotatable bonds is 2. The summed E-state index contributed by atoms with van der Waals surface area (Å²) in [5, 5.41) is 22.3. The highest BCUT2D eigenvalue weighted by molar-refractivity contribution is 5.66. The molecule has 0 saturated heterocycles. The fourth-order valence-corrected chi connectivity index (χ4v) is 0. The van der Waals surface area contributed by atoms with E-state index >= 15 is 0 Å². The monoisotopic (exact) mass is 194 g/mol. The molecule has 0 atom stereocenters. The highest BCUT2D eigenvalue weighted by Gasteiger charge is 1.81. The van der Waals surface area contributed by atoms with Crippen molar-refractivity contribution in [1.29, 1.82) is 0 Å². The summed E-state index contributed by atoms with van der Waals surface area (Å²) >= 11 is 0. The number of carboxylic acids is 2. The van der Waals surface area contributed by atoms with Crippen molar-refractivity contribution in [3.05, 3.63) is 0 Å². The van der Waals surface area contributed by atoms with Crippen molar-refractivity contribution in [2.75, 3.05) is 0 Å². The van der Waals surface area contributed by atoms with Gasteiger partial charge in [0, 0.05) is 12.8 Å². The van der Waals surface area contributed by atoms with E-state index in [-0.39, 0.29) is 19.3 Å². The molecule has 0 aliphatic rings. The highest BCUT2D eigenvalue weighted by atomic mass is 16.4. The van der Waals surface area contributed by atoms with E-state index in [0.29, 0.717) is 0 Å². The predicted molar refractivity (Wildman–Crippen MR) is 44.5 cm³/mol. The van der Waals surface area contributed by atoms with Gasteiger partial charge in [0.15, 0.2) is 0 Å². The highest BCUT2D eigenvalue weighted by Crippen LogP contribution is 1.67. The van der Waals surface area contributed by atoms with Crippen molar-refractivity contribution in [2.24, 2.45) is 0 Å². The average Bonchev–Trinajstić information content (AvgIpc) is 2.07. The van der Waals surface area contributed by atoms with Gasteiger partial charge in [-0.1, -0.05) is 13.8 Å². The second-order valence-corrected chi connectivity index (χ2v) is 1.60. The quantitative estimate of drug-likeness (QED) is 0.557. The Hall–Kier alpha value is -1.59. The second kappa shape index (κ2) is 16.8. The molecule has 13 heavy (non-hydrogen) atoms. The van der Waals surface area contributed by atoms with Crippen LogP contribution in [0.25, 0.3) is 0 Å². The molecule has 0 aromatic heterocycles. The molecule has 0 heterocycles. The van der Waals surface area contributed by atoms with Crippen molar-refractivity contribution in [3.63, 3.8) is 0 Å². The first-order valence-electron chi connectivity index (χ1n) is 3.47. The summed E-state index contributed by atoms with van der Waals surface area (Å²) in [7, 11) is 0. The van der Waals surface area contributed by atoms with E-state index < -0.39 is 11.9 Å². The Morgan fingerprint density at radius 3 is 1.15 bits per heavy atom. The van der Waals surface area contributed by atoms with Crippen LogP contribution in [-0.4, -0.2) is 33.7 Å². The Kier molecular flexibility index (Phi) is 22.6. The Labute approximate surface area is 75.8 Å². The topological polar surface area (TPSA) is 112 Å². The Morgan fingerprint density at radius 1 is 1.08 bits per heavy atom. The van der Waals surface area contributed by atoms with Gasteiger partial charge in [-0.25, -0.2) is 0 Å². The Morgan fingerprint density at radius 2 is 1.15 bits per heavy atom. The third-order valence-corrected chi connectivity index (χ3v) is 0.605. The smallest absolute Gasteiger partial charge is 0.303 e. The zero-order valence-corrected chi connectivity index (χ0v) is 7.56. The van der Waals surface area contributed by atoms with Crippen LogP contribution < -0.4 is 0 Å². The summed E-state index contributed by atoms with van der Waals surface area (Å²) in [6, 6.07) is 0. The maximum atomic E-state index is 9.37. The molecule has 0 radical (unpaired) electrons. The number of carbonyl (C=O) groups is 3. The zero-order chi connectivity index (χ0) is 11.3. The van der Waals surface area contributed by atoms with E-state index in [1.807, 2.05) is 0 Å². The van der Waals surface area contributed by atoms with E-state index in [9.17, 15) is 9.59 Å². The van der Waals surface area contributed by atoms with Gasteiger partial charge in [-0.2, -0.15) is 0 Å². The number of hydrogen-bond acceptors (Lipinski definition) is 3. The molecule has 0 spiro atoms. The molecule has 0 aromatic rings. The van der Waals surface area contributed by atoms with Gasteiger partial charge in [-0.3, -0.25) is 14.4 Å². The van der Waals surface area contributed by atoms with E-state index in [1.54, 1.807) is 13.8 Å². The normalized spacial score (nSPS) is 6.62. The van der Waals surface area contributed by atoms with E-state index in [4.69, 9.17) is 20.1 Å². The molecule has 6 heteroatoms. The molecule has 0 rings (SSSR count). The van der Waals surface area contributed by atoms with Crippen LogP contribution in [0.15, 0.2) is 0 Å². The van der Waals surface area contributed by atoms with Crippen LogP contribution in [-0.2, 0) is 14.4 Å². The molecule has 0 amide bonds. The Balaban J connectivity index is -0.000000120. The van der Waals surface area contributed by atoms with Gasteiger partial charge in [-0.15, -0.1) is 0 Å². The van der Waals surface area contributed by atoms with E-state index in [1.165, 1.54) is 0 Å². The van der Waals surface area contributed by atoms with Crippen molar-refractivity contribution in [1.82, 2.24) is 0 Å². The van der Waals surface area contributed by atoms with Gasteiger partial charge in [0.1, 0.15) is 0 Å². The van der Waals surface area contributed by atoms with Gasteiger partial charge in [-0.05, 0) is 0 Å². The van der Waals surface area contributed by atoms with Gasteiger partial charge in [0.2, 0.25) is 0 Å². The van der Waals surface area contributed by atoms with Crippen molar-refractivity contribution < 1.29 is 29.7 Å². The van der Waals surface area contributed by atoms with Crippen LogP contribution in [0.5, 0.6) is 0 Å². The number of aliphatic carboxylic acids is 2. The molecule has 78 valence electrons.